The molecule has 0 bridgehead atoms. The third-order valence-corrected chi connectivity index (χ3v) is 6.53. The number of ether oxygens (including phenoxy) is 2. The summed E-state index contributed by atoms with van der Waals surface area (Å²) in [6.07, 6.45) is 1.45. The summed E-state index contributed by atoms with van der Waals surface area (Å²) < 4.78 is 16.3. The number of hydrogen-bond donors (Lipinski definition) is 2. The van der Waals surface area contributed by atoms with Crippen LogP contribution in [0.4, 0.5) is 11.4 Å². The molecule has 0 saturated carbocycles. The Morgan fingerprint density at radius 1 is 0.771 bits per heavy atom. The van der Waals surface area contributed by atoms with Crippen molar-refractivity contribution >= 4 is 35.0 Å². The Morgan fingerprint density at radius 2 is 1.51 bits per heavy atom. The molecule has 0 fully saturated rings. The first kappa shape index (κ1) is 22.6. The van der Waals surface area contributed by atoms with E-state index in [2.05, 4.69) is 10.6 Å². The number of anilines is 2. The van der Waals surface area contributed by atoms with Crippen molar-refractivity contribution in [3.05, 3.63) is 103 Å². The summed E-state index contributed by atoms with van der Waals surface area (Å²) in [4.78, 5) is 26.4. The molecule has 1 aliphatic heterocycles. The zero-order chi connectivity index (χ0) is 24.0. The highest BCUT2D eigenvalue weighted by molar-refractivity contribution is 8.00. The van der Waals surface area contributed by atoms with E-state index < -0.39 is 5.25 Å². The summed E-state index contributed by atoms with van der Waals surface area (Å²) in [6.45, 7) is 0.988. The van der Waals surface area contributed by atoms with Gasteiger partial charge in [-0.05, 0) is 54.1 Å². The maximum Gasteiger partial charge on any atom is 0.291 e. The lowest BCUT2D eigenvalue weighted by molar-refractivity contribution is -0.115. The van der Waals surface area contributed by atoms with E-state index in [9.17, 15) is 9.59 Å². The predicted octanol–water partition coefficient (Wildman–Crippen LogP) is 5.78. The summed E-state index contributed by atoms with van der Waals surface area (Å²) in [5.41, 5.74) is 2.15. The van der Waals surface area contributed by atoms with Crippen molar-refractivity contribution in [2.75, 3.05) is 23.8 Å². The first-order valence-corrected chi connectivity index (χ1v) is 11.9. The van der Waals surface area contributed by atoms with Gasteiger partial charge in [0, 0.05) is 22.3 Å². The second-order valence-electron chi connectivity index (χ2n) is 7.71. The standard InChI is InChI=1S/C27H22N2O5S/c30-26(23-7-4-14-32-23)28-19-8-11-21(12-9-19)35-25(18-5-2-1-3-6-18)27(31)29-20-10-13-22-24(17-20)34-16-15-33-22/h1-14,17,25H,15-16H2,(H,28,30)(H,29,31). The number of fused-ring (bicyclic) bond motifs is 1. The average Bonchev–Trinajstić information content (AvgIpc) is 3.44. The molecule has 4 aromatic rings. The molecule has 1 unspecified atom stereocenters. The molecule has 5 rings (SSSR count). The summed E-state index contributed by atoms with van der Waals surface area (Å²) in [7, 11) is 0. The minimum absolute atomic E-state index is 0.159. The first-order chi connectivity index (χ1) is 17.2. The largest absolute Gasteiger partial charge is 0.486 e. The molecule has 0 aliphatic carbocycles. The number of hydrogen-bond acceptors (Lipinski definition) is 6. The molecule has 0 radical (unpaired) electrons. The summed E-state index contributed by atoms with van der Waals surface area (Å²) >= 11 is 1.42. The number of carbonyl (C=O) groups is 2. The molecule has 0 spiro atoms. The number of nitrogens with one attached hydrogen (secondary N) is 2. The molecule has 2 heterocycles. The van der Waals surface area contributed by atoms with Gasteiger partial charge in [-0.2, -0.15) is 0 Å². The molecule has 35 heavy (non-hydrogen) atoms. The van der Waals surface area contributed by atoms with Gasteiger partial charge in [0.1, 0.15) is 18.5 Å². The smallest absolute Gasteiger partial charge is 0.291 e. The van der Waals surface area contributed by atoms with Gasteiger partial charge in [0.2, 0.25) is 5.91 Å². The summed E-state index contributed by atoms with van der Waals surface area (Å²) in [5, 5.41) is 5.30. The van der Waals surface area contributed by atoms with Gasteiger partial charge in [-0.25, -0.2) is 0 Å². The van der Waals surface area contributed by atoms with Crippen LogP contribution in [-0.2, 0) is 4.79 Å². The minimum atomic E-state index is -0.493. The van der Waals surface area contributed by atoms with Gasteiger partial charge in [-0.15, -0.1) is 11.8 Å². The molecule has 7 nitrogen and oxygen atoms in total. The van der Waals surface area contributed by atoms with E-state index in [0.717, 1.165) is 10.5 Å². The minimum Gasteiger partial charge on any atom is -0.486 e. The second-order valence-corrected chi connectivity index (χ2v) is 8.89. The molecule has 0 saturated heterocycles. The topological polar surface area (TPSA) is 89.8 Å². The number of amides is 2. The van der Waals surface area contributed by atoms with Gasteiger partial charge in [-0.3, -0.25) is 9.59 Å². The van der Waals surface area contributed by atoms with E-state index in [-0.39, 0.29) is 17.6 Å². The van der Waals surface area contributed by atoms with Crippen LogP contribution in [0.3, 0.4) is 0 Å². The molecule has 1 aliphatic rings. The summed E-state index contributed by atoms with van der Waals surface area (Å²) in [5.74, 6) is 1.04. The van der Waals surface area contributed by atoms with Crippen LogP contribution in [-0.4, -0.2) is 25.0 Å². The van der Waals surface area contributed by atoms with Crippen molar-refractivity contribution in [2.45, 2.75) is 10.1 Å². The summed E-state index contributed by atoms with van der Waals surface area (Å²) in [6, 6.07) is 25.6. The lowest BCUT2D eigenvalue weighted by Crippen LogP contribution is -2.20. The highest BCUT2D eigenvalue weighted by atomic mass is 32.2. The molecular formula is C27H22N2O5S. The van der Waals surface area contributed by atoms with Crippen LogP contribution < -0.4 is 20.1 Å². The molecular weight excluding hydrogens is 464 g/mol. The van der Waals surface area contributed by atoms with Crippen molar-refractivity contribution in [1.82, 2.24) is 0 Å². The molecule has 1 atom stereocenters. The van der Waals surface area contributed by atoms with Crippen molar-refractivity contribution in [3.8, 4) is 11.5 Å². The Balaban J connectivity index is 1.31. The maximum absolute atomic E-state index is 13.4. The van der Waals surface area contributed by atoms with Crippen molar-refractivity contribution in [3.63, 3.8) is 0 Å². The van der Waals surface area contributed by atoms with E-state index >= 15 is 0 Å². The predicted molar refractivity (Wildman–Crippen MR) is 134 cm³/mol. The number of furan rings is 1. The normalized spacial score (nSPS) is 13.0. The highest BCUT2D eigenvalue weighted by Gasteiger charge is 2.23. The fourth-order valence-corrected chi connectivity index (χ4v) is 4.61. The van der Waals surface area contributed by atoms with Crippen LogP contribution in [0.1, 0.15) is 21.4 Å². The monoisotopic (exact) mass is 486 g/mol. The van der Waals surface area contributed by atoms with Gasteiger partial charge in [0.25, 0.3) is 5.91 Å². The molecule has 2 amide bonds. The van der Waals surface area contributed by atoms with Crippen molar-refractivity contribution in [2.24, 2.45) is 0 Å². The number of rotatable bonds is 7. The third kappa shape index (κ3) is 5.50. The van der Waals surface area contributed by atoms with Crippen LogP contribution in [0.25, 0.3) is 0 Å². The van der Waals surface area contributed by atoms with Crippen molar-refractivity contribution in [1.29, 1.82) is 0 Å². The average molecular weight is 487 g/mol. The molecule has 176 valence electrons. The van der Waals surface area contributed by atoms with Gasteiger partial charge in [0.15, 0.2) is 17.3 Å². The number of thioether (sulfide) groups is 1. The fourth-order valence-electron chi connectivity index (χ4n) is 3.58. The lowest BCUT2D eigenvalue weighted by Gasteiger charge is -2.20. The second kappa shape index (κ2) is 10.4. The molecule has 1 aromatic heterocycles. The van der Waals surface area contributed by atoms with Gasteiger partial charge in [-0.1, -0.05) is 30.3 Å². The molecule has 8 heteroatoms. The Kier molecular flexibility index (Phi) is 6.72. The van der Waals surface area contributed by atoms with Crippen LogP contribution in [0, 0.1) is 0 Å². The quantitative estimate of drug-likeness (QED) is 0.322. The van der Waals surface area contributed by atoms with E-state index in [1.807, 2.05) is 42.5 Å². The van der Waals surface area contributed by atoms with Gasteiger partial charge >= 0.3 is 0 Å². The SMILES string of the molecule is O=C(Nc1ccc(SC(C(=O)Nc2ccc3c(c2)OCCO3)c2ccccc2)cc1)c1ccco1. The Bertz CT molecular complexity index is 1310. The van der Waals surface area contributed by atoms with Gasteiger partial charge in [0.05, 0.1) is 6.26 Å². The van der Waals surface area contributed by atoms with Crippen molar-refractivity contribution < 1.29 is 23.5 Å². The van der Waals surface area contributed by atoms with Crippen LogP contribution in [0.2, 0.25) is 0 Å². The Labute approximate surface area is 206 Å². The first-order valence-electron chi connectivity index (χ1n) is 11.0. The highest BCUT2D eigenvalue weighted by Crippen LogP contribution is 2.38. The zero-order valence-corrected chi connectivity index (χ0v) is 19.4. The van der Waals surface area contributed by atoms with E-state index in [0.29, 0.717) is 36.1 Å². The zero-order valence-electron chi connectivity index (χ0n) is 18.6. The van der Waals surface area contributed by atoms with Crippen LogP contribution >= 0.6 is 11.8 Å². The Hall–Kier alpha value is -4.17. The molecule has 2 N–H and O–H groups in total. The Morgan fingerprint density at radius 3 is 2.26 bits per heavy atom. The third-order valence-electron chi connectivity index (χ3n) is 5.26. The van der Waals surface area contributed by atoms with Gasteiger partial charge < -0.3 is 24.5 Å². The van der Waals surface area contributed by atoms with Crippen LogP contribution in [0.5, 0.6) is 11.5 Å². The number of benzene rings is 3. The fraction of sp³-hybridized carbons (Fsp3) is 0.111. The number of carbonyl (C=O) groups excluding carboxylic acids is 2. The van der Waals surface area contributed by atoms with E-state index in [1.165, 1.54) is 18.0 Å². The van der Waals surface area contributed by atoms with E-state index in [1.54, 1.807) is 42.5 Å². The maximum atomic E-state index is 13.4. The van der Waals surface area contributed by atoms with Crippen LogP contribution in [0.15, 0.2) is 101 Å². The van der Waals surface area contributed by atoms with E-state index in [4.69, 9.17) is 13.9 Å². The molecule has 3 aromatic carbocycles. The lowest BCUT2D eigenvalue weighted by atomic mass is 10.1.